The van der Waals surface area contributed by atoms with Crippen LogP contribution in [0.25, 0.3) is 22.0 Å². The number of halogens is 2. The van der Waals surface area contributed by atoms with Gasteiger partial charge in [0.25, 0.3) is 0 Å². The summed E-state index contributed by atoms with van der Waals surface area (Å²) in [5.74, 6) is 6.21. The average Bonchev–Trinajstić information content (AvgIpc) is 2.92. The van der Waals surface area contributed by atoms with Crippen LogP contribution in [0.2, 0.25) is 5.02 Å². The lowest BCUT2D eigenvalue weighted by Crippen LogP contribution is -2.19. The van der Waals surface area contributed by atoms with E-state index in [9.17, 15) is 9.50 Å². The van der Waals surface area contributed by atoms with E-state index < -0.39 is 5.60 Å². The standard InChI is InChI=1S/C31H24ClFN4O/c1-31(2,38)30-36-17-24(18-37-30)22-11-13-28-25(15-22)29(26(32)19-34-28)35-16-23-14-21(10-12-27(23)33)9-8-20-6-4-3-5-7-20/h3-7,10-15,17-19,38H,16H2,1-2H3,(H,34,35). The molecule has 2 aromatic heterocycles. The Bertz CT molecular complexity index is 1670. The Kier molecular flexibility index (Phi) is 7.06. The first-order valence-corrected chi connectivity index (χ1v) is 12.4. The molecule has 3 aromatic carbocycles. The zero-order valence-electron chi connectivity index (χ0n) is 20.8. The molecule has 5 nitrogen and oxygen atoms in total. The highest BCUT2D eigenvalue weighted by Crippen LogP contribution is 2.33. The van der Waals surface area contributed by atoms with Gasteiger partial charge in [-0.25, -0.2) is 14.4 Å². The van der Waals surface area contributed by atoms with E-state index in [0.717, 1.165) is 33.2 Å². The van der Waals surface area contributed by atoms with Crippen molar-refractivity contribution < 1.29 is 9.50 Å². The number of fused-ring (bicyclic) bond motifs is 1. The van der Waals surface area contributed by atoms with Crippen LogP contribution in [0, 0.1) is 17.7 Å². The second-order valence-corrected chi connectivity index (χ2v) is 9.75. The Hall–Kier alpha value is -4.31. The van der Waals surface area contributed by atoms with Gasteiger partial charge in [0.15, 0.2) is 5.82 Å². The molecule has 0 amide bonds. The van der Waals surface area contributed by atoms with Crippen molar-refractivity contribution in [1.29, 1.82) is 0 Å². The van der Waals surface area contributed by atoms with E-state index in [-0.39, 0.29) is 12.4 Å². The summed E-state index contributed by atoms with van der Waals surface area (Å²) >= 11 is 6.53. The zero-order chi connectivity index (χ0) is 26.7. The molecule has 38 heavy (non-hydrogen) atoms. The van der Waals surface area contributed by atoms with Crippen molar-refractivity contribution in [3.63, 3.8) is 0 Å². The first-order valence-electron chi connectivity index (χ1n) is 12.0. The van der Waals surface area contributed by atoms with Gasteiger partial charge in [-0.05, 0) is 61.9 Å². The van der Waals surface area contributed by atoms with E-state index >= 15 is 0 Å². The lowest BCUT2D eigenvalue weighted by molar-refractivity contribution is 0.0687. The molecule has 0 radical (unpaired) electrons. The maximum Gasteiger partial charge on any atom is 0.159 e. The fraction of sp³-hybridized carbons (Fsp3) is 0.129. The van der Waals surface area contributed by atoms with Crippen molar-refractivity contribution in [3.8, 4) is 23.0 Å². The molecule has 0 aliphatic carbocycles. The summed E-state index contributed by atoms with van der Waals surface area (Å²) in [4.78, 5) is 13.0. The van der Waals surface area contributed by atoms with Crippen LogP contribution in [-0.4, -0.2) is 20.1 Å². The maximum absolute atomic E-state index is 14.7. The summed E-state index contributed by atoms with van der Waals surface area (Å²) in [6, 6.07) is 20.2. The third kappa shape index (κ3) is 5.65. The van der Waals surface area contributed by atoms with Crippen LogP contribution in [0.5, 0.6) is 0 Å². The highest BCUT2D eigenvalue weighted by atomic mass is 35.5. The van der Waals surface area contributed by atoms with Gasteiger partial charge in [0.1, 0.15) is 11.4 Å². The Morgan fingerprint density at radius 1 is 0.868 bits per heavy atom. The van der Waals surface area contributed by atoms with Crippen LogP contribution < -0.4 is 5.32 Å². The minimum atomic E-state index is -1.13. The quantitative estimate of drug-likeness (QED) is 0.251. The third-order valence-electron chi connectivity index (χ3n) is 5.98. The van der Waals surface area contributed by atoms with Gasteiger partial charge in [-0.15, -0.1) is 0 Å². The van der Waals surface area contributed by atoms with E-state index in [2.05, 4.69) is 32.1 Å². The third-order valence-corrected chi connectivity index (χ3v) is 6.27. The number of pyridine rings is 1. The van der Waals surface area contributed by atoms with Gasteiger partial charge in [-0.1, -0.05) is 47.7 Å². The Balaban J connectivity index is 1.43. The summed E-state index contributed by atoms with van der Waals surface area (Å²) in [6.45, 7) is 3.48. The Morgan fingerprint density at radius 3 is 2.34 bits per heavy atom. The molecule has 0 atom stereocenters. The number of rotatable bonds is 5. The molecule has 5 rings (SSSR count). The molecule has 0 fully saturated rings. The first kappa shape index (κ1) is 25.3. The molecule has 0 spiro atoms. The van der Waals surface area contributed by atoms with Gasteiger partial charge in [0.2, 0.25) is 0 Å². The van der Waals surface area contributed by atoms with Crippen molar-refractivity contribution in [2.45, 2.75) is 26.0 Å². The molecule has 0 bridgehead atoms. The molecule has 0 saturated heterocycles. The summed E-state index contributed by atoms with van der Waals surface area (Å²) < 4.78 is 14.7. The molecule has 2 heterocycles. The molecule has 7 heteroatoms. The predicted octanol–water partition coefficient (Wildman–Crippen LogP) is 6.72. The number of benzene rings is 3. The molecular weight excluding hydrogens is 499 g/mol. The van der Waals surface area contributed by atoms with Crippen LogP contribution in [0.4, 0.5) is 10.1 Å². The molecule has 2 N–H and O–H groups in total. The van der Waals surface area contributed by atoms with Crippen molar-refractivity contribution in [3.05, 3.63) is 119 Å². The number of nitrogens with one attached hydrogen (secondary N) is 1. The molecular formula is C31H24ClFN4O. The zero-order valence-corrected chi connectivity index (χ0v) is 21.6. The van der Waals surface area contributed by atoms with E-state index in [1.54, 1.807) is 44.6 Å². The van der Waals surface area contributed by atoms with Crippen molar-refractivity contribution in [2.75, 3.05) is 5.32 Å². The van der Waals surface area contributed by atoms with Gasteiger partial charge < -0.3 is 10.4 Å². The average molecular weight is 523 g/mol. The SMILES string of the molecule is CC(C)(O)c1ncc(-c2ccc3ncc(Cl)c(NCc4cc(C#Cc5ccccc5)ccc4F)c3c2)cn1. The number of aliphatic hydroxyl groups is 1. The molecule has 5 aromatic rings. The Labute approximate surface area is 225 Å². The molecule has 0 saturated carbocycles. The normalized spacial score (nSPS) is 11.2. The van der Waals surface area contributed by atoms with Crippen molar-refractivity contribution >= 4 is 28.2 Å². The minimum absolute atomic E-state index is 0.207. The number of anilines is 1. The monoisotopic (exact) mass is 522 g/mol. The summed E-state index contributed by atoms with van der Waals surface area (Å²) in [6.07, 6.45) is 4.92. The van der Waals surface area contributed by atoms with Gasteiger partial charge in [-0.3, -0.25) is 4.98 Å². The number of nitrogens with zero attached hydrogens (tertiary/aromatic N) is 3. The fourth-order valence-electron chi connectivity index (χ4n) is 3.96. The smallest absolute Gasteiger partial charge is 0.159 e. The summed E-state index contributed by atoms with van der Waals surface area (Å²) in [5, 5.41) is 14.6. The maximum atomic E-state index is 14.7. The van der Waals surface area contributed by atoms with Gasteiger partial charge in [0.05, 0.1) is 16.2 Å². The second kappa shape index (κ2) is 10.6. The number of aromatic nitrogens is 3. The second-order valence-electron chi connectivity index (χ2n) is 9.34. The van der Waals surface area contributed by atoms with E-state index in [1.807, 2.05) is 48.5 Å². The van der Waals surface area contributed by atoms with E-state index in [4.69, 9.17) is 11.6 Å². The van der Waals surface area contributed by atoms with Crippen molar-refractivity contribution in [1.82, 2.24) is 15.0 Å². The predicted molar refractivity (Wildman–Crippen MR) is 149 cm³/mol. The molecule has 0 aliphatic heterocycles. The topological polar surface area (TPSA) is 70.9 Å². The Morgan fingerprint density at radius 2 is 1.61 bits per heavy atom. The summed E-state index contributed by atoms with van der Waals surface area (Å²) in [5.41, 5.74) is 3.97. The van der Waals surface area contributed by atoms with Crippen LogP contribution >= 0.6 is 11.6 Å². The largest absolute Gasteiger partial charge is 0.382 e. The van der Waals surface area contributed by atoms with E-state index in [0.29, 0.717) is 22.1 Å². The van der Waals surface area contributed by atoms with Crippen LogP contribution in [-0.2, 0) is 12.1 Å². The van der Waals surface area contributed by atoms with Crippen LogP contribution in [0.15, 0.2) is 85.3 Å². The lowest BCUT2D eigenvalue weighted by atomic mass is 10.0. The van der Waals surface area contributed by atoms with E-state index in [1.165, 1.54) is 6.07 Å². The minimum Gasteiger partial charge on any atom is -0.382 e. The van der Waals surface area contributed by atoms with Gasteiger partial charge >= 0.3 is 0 Å². The highest BCUT2D eigenvalue weighted by Gasteiger charge is 2.19. The summed E-state index contributed by atoms with van der Waals surface area (Å²) in [7, 11) is 0. The van der Waals surface area contributed by atoms with Crippen LogP contribution in [0.3, 0.4) is 0 Å². The number of hydrogen-bond acceptors (Lipinski definition) is 5. The lowest BCUT2D eigenvalue weighted by Gasteiger charge is -2.15. The fourth-order valence-corrected chi connectivity index (χ4v) is 4.18. The first-order chi connectivity index (χ1) is 18.3. The van der Waals surface area contributed by atoms with Crippen LogP contribution in [0.1, 0.15) is 36.4 Å². The molecule has 188 valence electrons. The van der Waals surface area contributed by atoms with Gasteiger partial charge in [-0.2, -0.15) is 0 Å². The molecule has 0 aliphatic rings. The highest BCUT2D eigenvalue weighted by molar-refractivity contribution is 6.34. The number of hydrogen-bond donors (Lipinski definition) is 2. The molecule has 0 unspecified atom stereocenters. The van der Waals surface area contributed by atoms with Gasteiger partial charge in [0, 0.05) is 52.8 Å². The van der Waals surface area contributed by atoms with Crippen molar-refractivity contribution in [2.24, 2.45) is 0 Å².